The van der Waals surface area contributed by atoms with Crippen molar-refractivity contribution in [1.82, 2.24) is 0 Å². The summed E-state index contributed by atoms with van der Waals surface area (Å²) >= 11 is 0. The van der Waals surface area contributed by atoms with Crippen LogP contribution in [0.4, 0.5) is 0 Å². The molecule has 0 aliphatic carbocycles. The highest BCUT2D eigenvalue weighted by molar-refractivity contribution is 6.31. The minimum absolute atomic E-state index is 0.408. The molecule has 0 N–H and O–H groups in total. The maximum Gasteiger partial charge on any atom is 0.368 e. The quantitative estimate of drug-likeness (QED) is 0.621. The third-order valence-electron chi connectivity index (χ3n) is 3.48. The number of rotatable bonds is 2. The highest BCUT2D eigenvalue weighted by atomic mass is 16.7. The van der Waals surface area contributed by atoms with Crippen molar-refractivity contribution in [1.29, 1.82) is 0 Å². The van der Waals surface area contributed by atoms with Gasteiger partial charge in [-0.1, -0.05) is 59.3 Å². The van der Waals surface area contributed by atoms with Crippen LogP contribution in [0, 0.1) is 13.8 Å². The minimum Gasteiger partial charge on any atom is -0.312 e. The molecule has 0 amide bonds. The van der Waals surface area contributed by atoms with Crippen molar-refractivity contribution in [3.8, 4) is 0 Å². The lowest BCUT2D eigenvalue weighted by molar-refractivity contribution is -0.136. The van der Waals surface area contributed by atoms with Gasteiger partial charge in [-0.25, -0.2) is 4.79 Å². The molecule has 1 heterocycles. The summed E-state index contributed by atoms with van der Waals surface area (Å²) < 4.78 is 0. The topological polar surface area (TPSA) is 38.7 Å². The van der Waals surface area contributed by atoms with E-state index in [1.165, 1.54) is 0 Å². The minimum atomic E-state index is -0.408. The lowest BCUT2D eigenvalue weighted by Gasteiger charge is -2.04. The fraction of sp³-hybridized carbons (Fsp3) is 0.111. The van der Waals surface area contributed by atoms with E-state index >= 15 is 0 Å². The van der Waals surface area contributed by atoms with Crippen LogP contribution in [-0.4, -0.2) is 11.7 Å². The summed E-state index contributed by atoms with van der Waals surface area (Å²) in [5.74, 6) is -0.408. The van der Waals surface area contributed by atoms with E-state index in [9.17, 15) is 4.79 Å². The number of oxime groups is 1. The number of benzene rings is 2. The van der Waals surface area contributed by atoms with Crippen molar-refractivity contribution < 1.29 is 9.63 Å². The van der Waals surface area contributed by atoms with E-state index in [2.05, 4.69) is 17.3 Å². The second-order valence-corrected chi connectivity index (χ2v) is 5.10. The van der Waals surface area contributed by atoms with Crippen LogP contribution < -0.4 is 0 Å². The Labute approximate surface area is 123 Å². The monoisotopic (exact) mass is 277 g/mol. The molecule has 0 unspecified atom stereocenters. The van der Waals surface area contributed by atoms with Crippen molar-refractivity contribution in [2.24, 2.45) is 5.16 Å². The third-order valence-corrected chi connectivity index (χ3v) is 3.48. The average molecular weight is 277 g/mol. The van der Waals surface area contributed by atoms with Gasteiger partial charge in [-0.15, -0.1) is 0 Å². The Morgan fingerprint density at radius 3 is 2.57 bits per heavy atom. The predicted molar refractivity (Wildman–Crippen MR) is 83.0 cm³/mol. The third kappa shape index (κ3) is 2.63. The summed E-state index contributed by atoms with van der Waals surface area (Å²) in [5, 5.41) is 3.92. The Morgan fingerprint density at radius 1 is 1.05 bits per heavy atom. The van der Waals surface area contributed by atoms with Gasteiger partial charge < -0.3 is 4.84 Å². The fourth-order valence-corrected chi connectivity index (χ4v) is 2.28. The first-order chi connectivity index (χ1) is 10.1. The Morgan fingerprint density at radius 2 is 1.81 bits per heavy atom. The molecule has 104 valence electrons. The Balaban J connectivity index is 2.07. The van der Waals surface area contributed by atoms with Gasteiger partial charge in [0.05, 0.1) is 5.57 Å². The van der Waals surface area contributed by atoms with Gasteiger partial charge in [0, 0.05) is 5.56 Å². The van der Waals surface area contributed by atoms with E-state index in [0.717, 1.165) is 22.3 Å². The van der Waals surface area contributed by atoms with Crippen molar-refractivity contribution in [3.05, 3.63) is 76.4 Å². The van der Waals surface area contributed by atoms with Gasteiger partial charge in [0.1, 0.15) is 5.71 Å². The van der Waals surface area contributed by atoms with Crippen LogP contribution in [0.15, 0.2) is 59.3 Å². The number of carbonyl (C=O) groups is 1. The number of hydrogen-bond donors (Lipinski definition) is 0. The predicted octanol–water partition coefficient (Wildman–Crippen LogP) is 3.65. The van der Waals surface area contributed by atoms with Gasteiger partial charge in [-0.2, -0.15) is 0 Å². The van der Waals surface area contributed by atoms with Crippen LogP contribution in [0.1, 0.15) is 22.3 Å². The van der Waals surface area contributed by atoms with Crippen LogP contribution in [0.3, 0.4) is 0 Å². The molecule has 0 bridgehead atoms. The number of nitrogens with zero attached hydrogens (tertiary/aromatic N) is 1. The molecule has 0 saturated carbocycles. The highest BCUT2D eigenvalue weighted by Gasteiger charge is 2.26. The zero-order valence-corrected chi connectivity index (χ0v) is 12.0. The summed E-state index contributed by atoms with van der Waals surface area (Å²) in [6.45, 7) is 4.05. The summed E-state index contributed by atoms with van der Waals surface area (Å²) in [6, 6.07) is 15.7. The number of carbonyl (C=O) groups excluding carboxylic acids is 1. The van der Waals surface area contributed by atoms with Gasteiger partial charge in [0.25, 0.3) is 0 Å². The molecule has 0 spiro atoms. The Hall–Kier alpha value is -2.68. The zero-order chi connectivity index (χ0) is 14.8. The molecule has 3 heteroatoms. The average Bonchev–Trinajstić information content (AvgIpc) is 2.85. The molecule has 0 radical (unpaired) electrons. The van der Waals surface area contributed by atoms with Gasteiger partial charge in [0.2, 0.25) is 0 Å². The maximum absolute atomic E-state index is 12.0. The van der Waals surface area contributed by atoms with E-state index in [4.69, 9.17) is 4.84 Å². The summed E-state index contributed by atoms with van der Waals surface area (Å²) in [5.41, 5.74) is 5.22. The number of aryl methyl sites for hydroxylation is 2. The van der Waals surface area contributed by atoms with Crippen LogP contribution in [0.2, 0.25) is 0 Å². The zero-order valence-electron chi connectivity index (χ0n) is 12.0. The molecule has 0 atom stereocenters. The van der Waals surface area contributed by atoms with E-state index in [-0.39, 0.29) is 0 Å². The largest absolute Gasteiger partial charge is 0.368 e. The molecule has 3 rings (SSSR count). The van der Waals surface area contributed by atoms with Gasteiger partial charge in [0.15, 0.2) is 0 Å². The van der Waals surface area contributed by atoms with E-state index in [1.807, 2.05) is 56.3 Å². The first-order valence-corrected chi connectivity index (χ1v) is 6.79. The first-order valence-electron chi connectivity index (χ1n) is 6.79. The molecular formula is C18H15NO2. The summed E-state index contributed by atoms with van der Waals surface area (Å²) in [4.78, 5) is 16.8. The molecule has 0 aromatic heterocycles. The van der Waals surface area contributed by atoms with Crippen LogP contribution in [-0.2, 0) is 9.63 Å². The molecule has 2 aromatic carbocycles. The van der Waals surface area contributed by atoms with E-state index in [1.54, 1.807) is 0 Å². The summed E-state index contributed by atoms with van der Waals surface area (Å²) in [7, 11) is 0. The van der Waals surface area contributed by atoms with Gasteiger partial charge in [-0.3, -0.25) is 0 Å². The van der Waals surface area contributed by atoms with E-state index in [0.29, 0.717) is 11.3 Å². The molecule has 0 fully saturated rings. The smallest absolute Gasteiger partial charge is 0.312 e. The molecule has 2 aromatic rings. The van der Waals surface area contributed by atoms with Gasteiger partial charge >= 0.3 is 5.97 Å². The Kier molecular flexibility index (Phi) is 3.40. The molecule has 1 aliphatic rings. The molecule has 0 saturated heterocycles. The SMILES string of the molecule is Cc1ccc(C)c(/C=C2\C(=O)ON=C2c2ccccc2)c1. The molecular weight excluding hydrogens is 262 g/mol. The van der Waals surface area contributed by atoms with Crippen LogP contribution >= 0.6 is 0 Å². The standard InChI is InChI=1S/C18H15NO2/c1-12-8-9-13(2)15(10-12)11-16-17(19-21-18(16)20)14-6-4-3-5-7-14/h3-11H,1-2H3/b16-11-. The lowest BCUT2D eigenvalue weighted by atomic mass is 9.98. The second kappa shape index (κ2) is 5.37. The maximum atomic E-state index is 12.0. The van der Waals surface area contributed by atoms with Crippen molar-refractivity contribution in [2.45, 2.75) is 13.8 Å². The van der Waals surface area contributed by atoms with Crippen LogP contribution in [0.5, 0.6) is 0 Å². The normalized spacial score (nSPS) is 16.0. The van der Waals surface area contributed by atoms with Crippen molar-refractivity contribution in [3.63, 3.8) is 0 Å². The number of hydrogen-bond acceptors (Lipinski definition) is 3. The van der Waals surface area contributed by atoms with Gasteiger partial charge in [-0.05, 0) is 31.1 Å². The summed E-state index contributed by atoms with van der Waals surface area (Å²) in [6.07, 6.45) is 1.85. The second-order valence-electron chi connectivity index (χ2n) is 5.10. The first kappa shape index (κ1) is 13.3. The van der Waals surface area contributed by atoms with Crippen molar-refractivity contribution >= 4 is 17.8 Å². The molecule has 3 nitrogen and oxygen atoms in total. The van der Waals surface area contributed by atoms with Crippen molar-refractivity contribution in [2.75, 3.05) is 0 Å². The fourth-order valence-electron chi connectivity index (χ4n) is 2.28. The lowest BCUT2D eigenvalue weighted by Crippen LogP contribution is -2.07. The molecule has 1 aliphatic heterocycles. The highest BCUT2D eigenvalue weighted by Crippen LogP contribution is 2.22. The Bertz CT molecular complexity index is 758. The van der Waals surface area contributed by atoms with E-state index < -0.39 is 5.97 Å². The molecule has 21 heavy (non-hydrogen) atoms. The van der Waals surface area contributed by atoms with Crippen LogP contribution in [0.25, 0.3) is 6.08 Å².